The largest absolute Gasteiger partial charge is 0.469 e. The van der Waals surface area contributed by atoms with E-state index in [4.69, 9.17) is 13.9 Å². The lowest BCUT2D eigenvalue weighted by atomic mass is 9.95. The Morgan fingerprint density at radius 3 is 2.89 bits per heavy atom. The fraction of sp³-hybridized carbons (Fsp3) is 0.583. The lowest BCUT2D eigenvalue weighted by molar-refractivity contribution is -0.486. The molecule has 0 radical (unpaired) electrons. The molecule has 104 valence electrons. The van der Waals surface area contributed by atoms with E-state index in [1.165, 1.54) is 6.26 Å². The van der Waals surface area contributed by atoms with Crippen molar-refractivity contribution in [1.82, 2.24) is 0 Å². The average Bonchev–Trinajstić information content (AvgIpc) is 2.83. The number of hydrogen-bond acceptors (Lipinski definition) is 6. The van der Waals surface area contributed by atoms with Gasteiger partial charge in [-0.15, -0.1) is 0 Å². The maximum absolute atomic E-state index is 11.9. The average molecular weight is 269 g/mol. The molecule has 0 saturated carbocycles. The first-order valence-corrected chi connectivity index (χ1v) is 5.89. The van der Waals surface area contributed by atoms with Gasteiger partial charge in [0, 0.05) is 4.92 Å². The molecule has 7 nitrogen and oxygen atoms in total. The Morgan fingerprint density at radius 2 is 2.32 bits per heavy atom. The van der Waals surface area contributed by atoms with Crippen LogP contribution in [-0.4, -0.2) is 35.7 Å². The Balaban J connectivity index is 2.26. The highest BCUT2D eigenvalue weighted by molar-refractivity contribution is 5.85. The van der Waals surface area contributed by atoms with Crippen LogP contribution in [0.5, 0.6) is 0 Å². The predicted molar refractivity (Wildman–Crippen MR) is 63.2 cm³/mol. The molecule has 0 aromatic carbocycles. The van der Waals surface area contributed by atoms with Gasteiger partial charge in [0.25, 0.3) is 0 Å². The third-order valence-corrected chi connectivity index (χ3v) is 2.91. The highest BCUT2D eigenvalue weighted by Crippen LogP contribution is 2.30. The van der Waals surface area contributed by atoms with Gasteiger partial charge >= 0.3 is 0 Å². The minimum atomic E-state index is -0.944. The molecule has 7 heteroatoms. The van der Waals surface area contributed by atoms with Crippen LogP contribution in [0.3, 0.4) is 0 Å². The number of furan rings is 1. The van der Waals surface area contributed by atoms with Crippen molar-refractivity contribution in [2.24, 2.45) is 0 Å². The van der Waals surface area contributed by atoms with E-state index in [-0.39, 0.29) is 12.4 Å². The first kappa shape index (κ1) is 13.7. The Bertz CT molecular complexity index is 467. The highest BCUT2D eigenvalue weighted by atomic mass is 16.7. The van der Waals surface area contributed by atoms with Gasteiger partial charge < -0.3 is 13.9 Å². The van der Waals surface area contributed by atoms with E-state index in [0.29, 0.717) is 5.76 Å². The molecule has 1 aliphatic heterocycles. The van der Waals surface area contributed by atoms with Crippen molar-refractivity contribution >= 4 is 5.78 Å². The standard InChI is InChI=1S/C12H15NO6/c1-12(2)18-7-9(14)11(19-12)8(6-13(15)16)10-4-3-5-17-10/h3-5,8,11H,6-7H2,1-2H3/t8-,11-/m0/s1. The predicted octanol–water partition coefficient (Wildman–Crippen LogP) is 1.36. The molecular weight excluding hydrogens is 254 g/mol. The molecule has 2 atom stereocenters. The first-order valence-electron chi connectivity index (χ1n) is 5.89. The van der Waals surface area contributed by atoms with Crippen molar-refractivity contribution in [2.45, 2.75) is 31.7 Å². The van der Waals surface area contributed by atoms with Gasteiger partial charge in [0.05, 0.1) is 6.26 Å². The molecule has 1 saturated heterocycles. The zero-order valence-corrected chi connectivity index (χ0v) is 10.7. The van der Waals surface area contributed by atoms with E-state index >= 15 is 0 Å². The summed E-state index contributed by atoms with van der Waals surface area (Å²) in [4.78, 5) is 22.2. The number of Topliss-reactive ketones (excluding diaryl/α,β-unsaturated/α-hetero) is 1. The van der Waals surface area contributed by atoms with Crippen LogP contribution in [0, 0.1) is 10.1 Å². The fourth-order valence-electron chi connectivity index (χ4n) is 2.04. The third kappa shape index (κ3) is 3.18. The van der Waals surface area contributed by atoms with Gasteiger partial charge in [-0.25, -0.2) is 0 Å². The molecule has 2 rings (SSSR count). The summed E-state index contributed by atoms with van der Waals surface area (Å²) >= 11 is 0. The zero-order chi connectivity index (χ0) is 14.0. The topological polar surface area (TPSA) is 91.8 Å². The Hall–Kier alpha value is -1.73. The van der Waals surface area contributed by atoms with Crippen molar-refractivity contribution in [3.05, 3.63) is 34.3 Å². The lowest BCUT2D eigenvalue weighted by Gasteiger charge is -2.36. The molecule has 1 aliphatic rings. The van der Waals surface area contributed by atoms with Crippen LogP contribution in [0.1, 0.15) is 25.5 Å². The van der Waals surface area contributed by atoms with Crippen molar-refractivity contribution in [2.75, 3.05) is 13.2 Å². The minimum Gasteiger partial charge on any atom is -0.469 e. The van der Waals surface area contributed by atoms with Gasteiger partial charge in [0.2, 0.25) is 6.54 Å². The Morgan fingerprint density at radius 1 is 1.58 bits per heavy atom. The molecule has 1 aromatic rings. The smallest absolute Gasteiger partial charge is 0.216 e. The van der Waals surface area contributed by atoms with E-state index in [1.54, 1.807) is 26.0 Å². The summed E-state index contributed by atoms with van der Waals surface area (Å²) in [5.41, 5.74) is 0. The second kappa shape index (κ2) is 5.10. The summed E-state index contributed by atoms with van der Waals surface area (Å²) in [6, 6.07) is 3.23. The summed E-state index contributed by atoms with van der Waals surface area (Å²) in [6.07, 6.45) is 0.484. The van der Waals surface area contributed by atoms with E-state index in [2.05, 4.69) is 0 Å². The van der Waals surface area contributed by atoms with Gasteiger partial charge in [-0.05, 0) is 26.0 Å². The van der Waals surface area contributed by atoms with Crippen molar-refractivity contribution in [3.63, 3.8) is 0 Å². The molecule has 1 aromatic heterocycles. The quantitative estimate of drug-likeness (QED) is 0.605. The number of nitrogens with zero attached hydrogens (tertiary/aromatic N) is 1. The summed E-state index contributed by atoms with van der Waals surface area (Å²) in [5.74, 6) is -1.64. The molecule has 0 N–H and O–H groups in total. The Kier molecular flexibility index (Phi) is 3.68. The number of carbonyl (C=O) groups is 1. The van der Waals surface area contributed by atoms with Crippen LogP contribution in [0.4, 0.5) is 0 Å². The number of hydrogen-bond donors (Lipinski definition) is 0. The highest BCUT2D eigenvalue weighted by Gasteiger charge is 2.43. The summed E-state index contributed by atoms with van der Waals surface area (Å²) < 4.78 is 15.9. The van der Waals surface area contributed by atoms with Gasteiger partial charge in [0.1, 0.15) is 24.4 Å². The van der Waals surface area contributed by atoms with Crippen molar-refractivity contribution < 1.29 is 23.6 Å². The molecule has 0 bridgehead atoms. The second-order valence-corrected chi connectivity index (χ2v) is 4.83. The molecular formula is C12H15NO6. The summed E-state index contributed by atoms with van der Waals surface area (Å²) in [6.45, 7) is 2.78. The van der Waals surface area contributed by atoms with E-state index in [9.17, 15) is 14.9 Å². The number of rotatable bonds is 4. The second-order valence-electron chi connectivity index (χ2n) is 4.83. The maximum Gasteiger partial charge on any atom is 0.216 e. The number of nitro groups is 1. The van der Waals surface area contributed by atoms with Crippen LogP contribution in [0.25, 0.3) is 0 Å². The number of carbonyl (C=O) groups excluding carboxylic acids is 1. The minimum absolute atomic E-state index is 0.118. The molecule has 19 heavy (non-hydrogen) atoms. The first-order chi connectivity index (χ1) is 8.89. The van der Waals surface area contributed by atoms with Crippen LogP contribution in [0.2, 0.25) is 0 Å². The molecule has 0 spiro atoms. The molecule has 1 fully saturated rings. The SMILES string of the molecule is CC1(C)OCC(=O)[C@H]([C@@H](C[N+](=O)[O-])c2ccco2)O1. The lowest BCUT2D eigenvalue weighted by Crippen LogP contribution is -2.49. The monoisotopic (exact) mass is 269 g/mol. The normalized spacial score (nSPS) is 24.1. The van der Waals surface area contributed by atoms with Crippen molar-refractivity contribution in [1.29, 1.82) is 0 Å². The Labute approximate surface area is 109 Å². The third-order valence-electron chi connectivity index (χ3n) is 2.91. The maximum atomic E-state index is 11.9. The number of ether oxygens (including phenoxy) is 2. The van der Waals surface area contributed by atoms with Gasteiger partial charge in [0.15, 0.2) is 11.6 Å². The molecule has 0 unspecified atom stereocenters. The summed E-state index contributed by atoms with van der Waals surface area (Å²) in [5, 5.41) is 10.8. The van der Waals surface area contributed by atoms with Gasteiger partial charge in [-0.2, -0.15) is 0 Å². The van der Waals surface area contributed by atoms with Crippen LogP contribution < -0.4 is 0 Å². The van der Waals surface area contributed by atoms with Crippen LogP contribution >= 0.6 is 0 Å². The number of ketones is 1. The van der Waals surface area contributed by atoms with Crippen LogP contribution in [0.15, 0.2) is 22.8 Å². The zero-order valence-electron chi connectivity index (χ0n) is 10.7. The van der Waals surface area contributed by atoms with Crippen LogP contribution in [-0.2, 0) is 14.3 Å². The van der Waals surface area contributed by atoms with Gasteiger partial charge in [-0.1, -0.05) is 0 Å². The van der Waals surface area contributed by atoms with Crippen molar-refractivity contribution in [3.8, 4) is 0 Å². The molecule has 2 heterocycles. The fourth-order valence-corrected chi connectivity index (χ4v) is 2.04. The summed E-state index contributed by atoms with van der Waals surface area (Å²) in [7, 11) is 0. The van der Waals surface area contributed by atoms with Gasteiger partial charge in [-0.3, -0.25) is 14.9 Å². The molecule has 0 aliphatic carbocycles. The van der Waals surface area contributed by atoms with E-state index < -0.39 is 29.3 Å². The van der Waals surface area contributed by atoms with E-state index in [1.807, 2.05) is 0 Å². The molecule has 0 amide bonds. The van der Waals surface area contributed by atoms with E-state index in [0.717, 1.165) is 0 Å².